The van der Waals surface area contributed by atoms with Crippen molar-refractivity contribution in [1.29, 1.82) is 5.26 Å². The first-order chi connectivity index (χ1) is 16.4. The van der Waals surface area contributed by atoms with Crippen molar-refractivity contribution >= 4 is 28.5 Å². The number of rotatable bonds is 6. The fourth-order valence-corrected chi connectivity index (χ4v) is 3.91. The second kappa shape index (κ2) is 8.07. The Morgan fingerprint density at radius 3 is 2.65 bits per heavy atom. The van der Waals surface area contributed by atoms with Crippen molar-refractivity contribution in [3.63, 3.8) is 0 Å². The van der Waals surface area contributed by atoms with Gasteiger partial charge < -0.3 is 16.8 Å². The fraction of sp³-hybridized carbons (Fsp3) is 0.238. The first-order valence-electron chi connectivity index (χ1n) is 10.3. The Morgan fingerprint density at radius 1 is 1.21 bits per heavy atom. The molecule has 0 aliphatic heterocycles. The van der Waals surface area contributed by atoms with Gasteiger partial charge in [-0.3, -0.25) is 9.89 Å². The minimum atomic E-state index is -2.83. The third kappa shape index (κ3) is 3.54. The lowest BCUT2D eigenvalue weighted by molar-refractivity contribution is 0.153. The molecule has 1 aliphatic carbocycles. The Bertz CT molecular complexity index is 1490. The van der Waals surface area contributed by atoms with Gasteiger partial charge in [-0.1, -0.05) is 12.1 Å². The summed E-state index contributed by atoms with van der Waals surface area (Å²) in [6, 6.07) is 6.91. The second-order valence-corrected chi connectivity index (χ2v) is 7.85. The highest BCUT2D eigenvalue weighted by atomic mass is 19.3. The molecule has 0 amide bonds. The van der Waals surface area contributed by atoms with E-state index < -0.39 is 18.0 Å². The van der Waals surface area contributed by atoms with Gasteiger partial charge in [0.15, 0.2) is 11.6 Å². The number of nitrogens with two attached hydrogens (primary N) is 2. The number of hydrogen-bond acceptors (Lipinski definition) is 9. The molecule has 1 fully saturated rings. The molecule has 1 aliphatic rings. The van der Waals surface area contributed by atoms with E-state index in [4.69, 9.17) is 11.5 Å². The Labute approximate surface area is 190 Å². The molecule has 3 aromatic heterocycles. The molecule has 3 heterocycles. The maximum atomic E-state index is 13.8. The molecule has 13 heteroatoms. The molecule has 1 saturated carbocycles. The molecule has 0 radical (unpaired) electrons. The largest absolute Gasteiger partial charge is 0.382 e. The lowest BCUT2D eigenvalue weighted by atomic mass is 10.1. The summed E-state index contributed by atoms with van der Waals surface area (Å²) >= 11 is 0. The molecule has 11 nitrogen and oxygen atoms in total. The van der Waals surface area contributed by atoms with Crippen LogP contribution in [0.1, 0.15) is 42.3 Å². The summed E-state index contributed by atoms with van der Waals surface area (Å²) in [6.07, 6.45) is 0.259. The number of halogens is 2. The number of nitrogens with one attached hydrogen (secondary N) is 2. The number of nitriles is 1. The van der Waals surface area contributed by atoms with Gasteiger partial charge in [0.2, 0.25) is 5.95 Å². The number of aromatic amines is 1. The number of fused-ring (bicyclic) bond motifs is 1. The number of nitrogens with zero attached hydrogens (tertiary/aromatic N) is 6. The van der Waals surface area contributed by atoms with E-state index in [1.165, 1.54) is 29.0 Å². The van der Waals surface area contributed by atoms with Gasteiger partial charge in [-0.2, -0.15) is 20.3 Å². The number of hydrogen-bond donors (Lipinski definition) is 4. The Morgan fingerprint density at radius 2 is 2.00 bits per heavy atom. The molecule has 172 valence electrons. The second-order valence-electron chi connectivity index (χ2n) is 7.85. The highest BCUT2D eigenvalue weighted by Gasteiger charge is 2.37. The Hall–Kier alpha value is -4.60. The third-order valence-electron chi connectivity index (χ3n) is 5.64. The van der Waals surface area contributed by atoms with Crippen molar-refractivity contribution in [3.05, 3.63) is 57.8 Å². The molecule has 4 aromatic rings. The van der Waals surface area contributed by atoms with Crippen LogP contribution in [0, 0.1) is 17.2 Å². The number of para-hydroxylation sites is 1. The van der Waals surface area contributed by atoms with Crippen LogP contribution < -0.4 is 22.3 Å². The molecule has 0 saturated heterocycles. The van der Waals surface area contributed by atoms with Crippen LogP contribution in [-0.4, -0.2) is 29.7 Å². The van der Waals surface area contributed by atoms with Gasteiger partial charge in [0.05, 0.1) is 16.9 Å². The topological polar surface area (TPSA) is 177 Å². The van der Waals surface area contributed by atoms with E-state index in [1.54, 1.807) is 6.07 Å². The third-order valence-corrected chi connectivity index (χ3v) is 5.64. The van der Waals surface area contributed by atoms with Gasteiger partial charge in [0, 0.05) is 17.8 Å². The molecular weight excluding hydrogens is 446 g/mol. The number of nitrogen functional groups attached to an aromatic ring is 2. The van der Waals surface area contributed by atoms with Crippen LogP contribution in [0.5, 0.6) is 0 Å². The molecule has 6 N–H and O–H groups in total. The molecule has 5 rings (SSSR count). The first-order valence-corrected chi connectivity index (χ1v) is 10.3. The minimum Gasteiger partial charge on any atom is -0.382 e. The summed E-state index contributed by atoms with van der Waals surface area (Å²) < 4.78 is 28.8. The monoisotopic (exact) mass is 464 g/mol. The number of H-pyrrole nitrogens is 1. The average molecular weight is 464 g/mol. The molecule has 0 unspecified atom stereocenters. The van der Waals surface area contributed by atoms with Crippen molar-refractivity contribution < 1.29 is 8.78 Å². The van der Waals surface area contributed by atoms with Gasteiger partial charge in [-0.25, -0.2) is 18.3 Å². The van der Waals surface area contributed by atoms with Gasteiger partial charge in [-0.15, -0.1) is 0 Å². The highest BCUT2D eigenvalue weighted by molar-refractivity contribution is 5.81. The fourth-order valence-electron chi connectivity index (χ4n) is 3.91. The molecule has 34 heavy (non-hydrogen) atoms. The number of aromatic nitrogens is 6. The maximum absolute atomic E-state index is 13.8. The summed E-state index contributed by atoms with van der Waals surface area (Å²) in [5.41, 5.74) is 10.5. The predicted octanol–water partition coefficient (Wildman–Crippen LogP) is 2.44. The SMILES string of the molecule is N#Cc1c(N)nc(N)nc1N[C@H](c1nc2c(C(F)F)cccc2c(=O)n1-c1cc[nH]n1)C1CC1. The van der Waals surface area contributed by atoms with Crippen LogP contribution in [0.2, 0.25) is 0 Å². The number of benzene rings is 1. The summed E-state index contributed by atoms with van der Waals surface area (Å²) in [5, 5.41) is 19.5. The molecule has 0 bridgehead atoms. The Balaban J connectivity index is 1.77. The normalized spacial score (nSPS) is 14.3. The van der Waals surface area contributed by atoms with Crippen LogP contribution in [0.15, 0.2) is 35.3 Å². The minimum absolute atomic E-state index is 0.0165. The lowest BCUT2D eigenvalue weighted by Gasteiger charge is -2.23. The van der Waals surface area contributed by atoms with Crippen LogP contribution in [0.3, 0.4) is 0 Å². The van der Waals surface area contributed by atoms with Gasteiger partial charge in [-0.05, 0) is 24.8 Å². The number of anilines is 3. The van der Waals surface area contributed by atoms with E-state index in [9.17, 15) is 18.8 Å². The zero-order chi connectivity index (χ0) is 24.0. The van der Waals surface area contributed by atoms with Crippen LogP contribution in [0.4, 0.5) is 26.4 Å². The van der Waals surface area contributed by atoms with E-state index >= 15 is 0 Å². The van der Waals surface area contributed by atoms with Gasteiger partial charge in [0.25, 0.3) is 12.0 Å². The lowest BCUT2D eigenvalue weighted by Crippen LogP contribution is -2.30. The van der Waals surface area contributed by atoms with E-state index in [1.807, 2.05) is 6.07 Å². The van der Waals surface area contributed by atoms with Crippen LogP contribution >= 0.6 is 0 Å². The maximum Gasteiger partial charge on any atom is 0.267 e. The summed E-state index contributed by atoms with van der Waals surface area (Å²) in [6.45, 7) is 0. The summed E-state index contributed by atoms with van der Waals surface area (Å²) in [4.78, 5) is 26.0. The highest BCUT2D eigenvalue weighted by Crippen LogP contribution is 2.43. The van der Waals surface area contributed by atoms with Crippen molar-refractivity contribution in [2.45, 2.75) is 25.3 Å². The molecule has 1 atom stereocenters. The zero-order valence-corrected chi connectivity index (χ0v) is 17.5. The van der Waals surface area contributed by atoms with E-state index in [0.29, 0.717) is 0 Å². The molecule has 1 aromatic carbocycles. The van der Waals surface area contributed by atoms with E-state index in [0.717, 1.165) is 12.8 Å². The van der Waals surface area contributed by atoms with E-state index in [2.05, 4.69) is 30.5 Å². The Kier molecular flexibility index (Phi) is 5.05. The van der Waals surface area contributed by atoms with Gasteiger partial charge in [0.1, 0.15) is 23.3 Å². The first kappa shape index (κ1) is 21.3. The van der Waals surface area contributed by atoms with E-state index in [-0.39, 0.29) is 57.2 Å². The average Bonchev–Trinajstić information content (AvgIpc) is 3.50. The summed E-state index contributed by atoms with van der Waals surface area (Å²) in [7, 11) is 0. The summed E-state index contributed by atoms with van der Waals surface area (Å²) in [5.74, 6) is 0.186. The smallest absolute Gasteiger partial charge is 0.267 e. The predicted molar refractivity (Wildman–Crippen MR) is 119 cm³/mol. The zero-order valence-electron chi connectivity index (χ0n) is 17.5. The van der Waals surface area contributed by atoms with Crippen LogP contribution in [-0.2, 0) is 0 Å². The van der Waals surface area contributed by atoms with Crippen molar-refractivity contribution in [3.8, 4) is 11.9 Å². The number of alkyl halides is 2. The van der Waals surface area contributed by atoms with Gasteiger partial charge >= 0.3 is 0 Å². The van der Waals surface area contributed by atoms with Crippen LogP contribution in [0.25, 0.3) is 16.7 Å². The molecule has 0 spiro atoms. The standard InChI is InChI=1S/C21H18F2N10O/c22-16(23)10-2-1-3-11-15(10)29-19(33(20(11)34)13-6-7-27-32-13)14(9-4-5-9)28-18-12(8-24)17(25)30-21(26)31-18/h1-3,6-7,9,14,16H,4-5H2,(H,27,32)(H5,25,26,28,30,31)/t14-/m0/s1. The van der Waals surface area contributed by atoms with Crippen molar-refractivity contribution in [2.24, 2.45) is 5.92 Å². The quantitative estimate of drug-likeness (QED) is 0.333. The molecular formula is C21H18F2N10O. The van der Waals surface area contributed by atoms with Crippen molar-refractivity contribution in [1.82, 2.24) is 29.7 Å². The van der Waals surface area contributed by atoms with Crippen molar-refractivity contribution in [2.75, 3.05) is 16.8 Å².